The molecule has 1 aromatic heterocycles. The van der Waals surface area contributed by atoms with Gasteiger partial charge in [0, 0.05) is 31.9 Å². The number of benzene rings is 1. The first-order chi connectivity index (χ1) is 11.0. The minimum atomic E-state index is 0.475. The van der Waals surface area contributed by atoms with Crippen LogP contribution in [0.3, 0.4) is 0 Å². The highest BCUT2D eigenvalue weighted by atomic mass is 35.5. The lowest BCUT2D eigenvalue weighted by molar-refractivity contribution is 0.312. The summed E-state index contributed by atoms with van der Waals surface area (Å²) in [6.07, 6.45) is 3.10. The van der Waals surface area contributed by atoms with Crippen molar-refractivity contribution in [2.45, 2.75) is 6.92 Å². The number of aromatic nitrogens is 2. The molecule has 0 spiro atoms. The van der Waals surface area contributed by atoms with E-state index in [1.165, 1.54) is 5.69 Å². The molecule has 0 amide bonds. The van der Waals surface area contributed by atoms with Crippen LogP contribution in [0, 0.1) is 6.92 Å². The number of rotatable bonds is 3. The van der Waals surface area contributed by atoms with Crippen LogP contribution in [0.25, 0.3) is 0 Å². The van der Waals surface area contributed by atoms with Crippen molar-refractivity contribution in [2.24, 2.45) is 0 Å². The molecule has 1 aliphatic rings. The second kappa shape index (κ2) is 6.91. The van der Waals surface area contributed by atoms with E-state index < -0.39 is 0 Å². The molecule has 1 fully saturated rings. The Labute approximate surface area is 146 Å². The van der Waals surface area contributed by atoms with Crippen molar-refractivity contribution in [3.63, 3.8) is 0 Å². The van der Waals surface area contributed by atoms with Crippen LogP contribution in [0.15, 0.2) is 24.5 Å². The molecule has 0 bridgehead atoms. The summed E-state index contributed by atoms with van der Waals surface area (Å²) in [4.78, 5) is 13.0. The van der Waals surface area contributed by atoms with Gasteiger partial charge in [0.25, 0.3) is 0 Å². The van der Waals surface area contributed by atoms with Crippen LogP contribution in [0.4, 0.5) is 17.3 Å². The first-order valence-electron chi connectivity index (χ1n) is 7.52. The lowest BCUT2D eigenvalue weighted by atomic mass is 10.1. The van der Waals surface area contributed by atoms with E-state index in [0.717, 1.165) is 37.4 Å². The Morgan fingerprint density at radius 2 is 1.70 bits per heavy atom. The molecule has 23 heavy (non-hydrogen) atoms. The van der Waals surface area contributed by atoms with Crippen LogP contribution < -0.4 is 10.2 Å². The summed E-state index contributed by atoms with van der Waals surface area (Å²) in [7, 11) is 2.15. The molecule has 1 N–H and O–H groups in total. The van der Waals surface area contributed by atoms with Crippen LogP contribution in [-0.2, 0) is 0 Å². The number of likely N-dealkylation sites (N-methyl/N-ethyl adjacent to an activating group) is 1. The zero-order valence-corrected chi connectivity index (χ0v) is 14.7. The van der Waals surface area contributed by atoms with Crippen LogP contribution in [-0.4, -0.2) is 48.1 Å². The molecule has 0 saturated carbocycles. The van der Waals surface area contributed by atoms with Gasteiger partial charge in [-0.25, -0.2) is 9.97 Å². The normalized spacial score (nSPS) is 15.7. The van der Waals surface area contributed by atoms with Gasteiger partial charge >= 0.3 is 0 Å². The molecule has 2 heterocycles. The predicted molar refractivity (Wildman–Crippen MR) is 96.2 cm³/mol. The van der Waals surface area contributed by atoms with Gasteiger partial charge in [0.1, 0.15) is 0 Å². The quantitative estimate of drug-likeness (QED) is 0.915. The summed E-state index contributed by atoms with van der Waals surface area (Å²) < 4.78 is 0. The Morgan fingerprint density at radius 1 is 1.04 bits per heavy atom. The average Bonchev–Trinajstić information content (AvgIpc) is 2.55. The number of halogens is 2. The Balaban J connectivity index is 1.81. The highest BCUT2D eigenvalue weighted by molar-refractivity contribution is 6.34. The molecule has 7 heteroatoms. The first kappa shape index (κ1) is 16.3. The van der Waals surface area contributed by atoms with E-state index in [1.807, 2.05) is 13.0 Å². The van der Waals surface area contributed by atoms with Gasteiger partial charge in [0.2, 0.25) is 5.95 Å². The fourth-order valence-corrected chi connectivity index (χ4v) is 2.96. The fourth-order valence-electron chi connectivity index (χ4n) is 2.66. The summed E-state index contributed by atoms with van der Waals surface area (Å²) in [5.74, 6) is 0.475. The molecule has 0 radical (unpaired) electrons. The number of hydrogen-bond acceptors (Lipinski definition) is 5. The summed E-state index contributed by atoms with van der Waals surface area (Å²) in [6.45, 7) is 6.21. The smallest absolute Gasteiger partial charge is 0.227 e. The van der Waals surface area contributed by atoms with Crippen LogP contribution in [0.5, 0.6) is 0 Å². The van der Waals surface area contributed by atoms with E-state index in [-0.39, 0.29) is 0 Å². The van der Waals surface area contributed by atoms with Gasteiger partial charge in [-0.05, 0) is 31.7 Å². The van der Waals surface area contributed by atoms with Crippen LogP contribution in [0.1, 0.15) is 5.56 Å². The standard InChI is InChI=1S/C16H19Cl2N5/c1-11-14(23-7-5-22(2)6-8-23)4-3-13(15(11)18)21-16-19-9-12(17)10-20-16/h3-4,9-10H,5-8H2,1-2H3,(H,19,20,21). The summed E-state index contributed by atoms with van der Waals surface area (Å²) >= 11 is 12.3. The van der Waals surface area contributed by atoms with E-state index in [2.05, 4.69) is 38.2 Å². The molecule has 5 nitrogen and oxygen atoms in total. The number of hydrogen-bond donors (Lipinski definition) is 1. The summed E-state index contributed by atoms with van der Waals surface area (Å²) in [5.41, 5.74) is 3.05. The molecule has 1 aliphatic heterocycles. The SMILES string of the molecule is Cc1c(N2CCN(C)CC2)ccc(Nc2ncc(Cl)cn2)c1Cl. The minimum Gasteiger partial charge on any atom is -0.369 e. The number of nitrogens with zero attached hydrogens (tertiary/aromatic N) is 4. The third-order valence-electron chi connectivity index (χ3n) is 4.07. The van der Waals surface area contributed by atoms with Crippen molar-refractivity contribution in [3.8, 4) is 0 Å². The number of anilines is 3. The summed E-state index contributed by atoms with van der Waals surface area (Å²) in [6, 6.07) is 4.08. The van der Waals surface area contributed by atoms with Crippen molar-refractivity contribution >= 4 is 40.5 Å². The van der Waals surface area contributed by atoms with Crippen molar-refractivity contribution in [3.05, 3.63) is 40.1 Å². The maximum atomic E-state index is 6.55. The van der Waals surface area contributed by atoms with Crippen molar-refractivity contribution in [1.29, 1.82) is 0 Å². The molecule has 0 unspecified atom stereocenters. The monoisotopic (exact) mass is 351 g/mol. The molecular weight excluding hydrogens is 333 g/mol. The van der Waals surface area contributed by atoms with E-state index in [9.17, 15) is 0 Å². The number of nitrogens with one attached hydrogen (secondary N) is 1. The zero-order chi connectivity index (χ0) is 16.4. The number of piperazine rings is 1. The van der Waals surface area contributed by atoms with Gasteiger partial charge in [0.15, 0.2) is 0 Å². The van der Waals surface area contributed by atoms with Gasteiger partial charge in [-0.3, -0.25) is 0 Å². The molecule has 1 saturated heterocycles. The Morgan fingerprint density at radius 3 is 2.35 bits per heavy atom. The van der Waals surface area contributed by atoms with E-state index in [4.69, 9.17) is 23.2 Å². The van der Waals surface area contributed by atoms with E-state index >= 15 is 0 Å². The first-order valence-corrected chi connectivity index (χ1v) is 8.27. The molecule has 2 aromatic rings. The molecule has 122 valence electrons. The maximum Gasteiger partial charge on any atom is 0.227 e. The van der Waals surface area contributed by atoms with Crippen molar-refractivity contribution in [1.82, 2.24) is 14.9 Å². The Hall–Kier alpha value is -1.56. The second-order valence-corrected chi connectivity index (χ2v) is 6.53. The zero-order valence-electron chi connectivity index (χ0n) is 13.2. The van der Waals surface area contributed by atoms with Gasteiger partial charge in [0.05, 0.1) is 28.1 Å². The lowest BCUT2D eigenvalue weighted by Crippen LogP contribution is -2.44. The van der Waals surface area contributed by atoms with Crippen molar-refractivity contribution in [2.75, 3.05) is 43.4 Å². The van der Waals surface area contributed by atoms with E-state index in [1.54, 1.807) is 12.4 Å². The summed E-state index contributed by atoms with van der Waals surface area (Å²) in [5, 5.41) is 4.34. The third-order valence-corrected chi connectivity index (χ3v) is 4.75. The van der Waals surface area contributed by atoms with Gasteiger partial charge in [-0.1, -0.05) is 23.2 Å². The maximum absolute atomic E-state index is 6.55. The van der Waals surface area contributed by atoms with Crippen molar-refractivity contribution < 1.29 is 0 Å². The Kier molecular flexibility index (Phi) is 4.90. The molecule has 1 aromatic carbocycles. The highest BCUT2D eigenvalue weighted by Crippen LogP contribution is 2.34. The molecule has 0 atom stereocenters. The van der Waals surface area contributed by atoms with E-state index in [0.29, 0.717) is 16.0 Å². The van der Waals surface area contributed by atoms with Gasteiger partial charge < -0.3 is 15.1 Å². The minimum absolute atomic E-state index is 0.475. The van der Waals surface area contributed by atoms with Gasteiger partial charge in [-0.15, -0.1) is 0 Å². The Bertz CT molecular complexity index is 682. The third kappa shape index (κ3) is 3.68. The average molecular weight is 352 g/mol. The second-order valence-electron chi connectivity index (χ2n) is 5.71. The van der Waals surface area contributed by atoms with Crippen LogP contribution in [0.2, 0.25) is 10.0 Å². The highest BCUT2D eigenvalue weighted by Gasteiger charge is 2.18. The van der Waals surface area contributed by atoms with Crippen LogP contribution >= 0.6 is 23.2 Å². The molecular formula is C16H19Cl2N5. The topological polar surface area (TPSA) is 44.3 Å². The largest absolute Gasteiger partial charge is 0.369 e. The molecule has 3 rings (SSSR count). The fraction of sp³-hybridized carbons (Fsp3) is 0.375. The van der Waals surface area contributed by atoms with Gasteiger partial charge in [-0.2, -0.15) is 0 Å². The molecule has 0 aliphatic carbocycles. The lowest BCUT2D eigenvalue weighted by Gasteiger charge is -2.35. The predicted octanol–water partition coefficient (Wildman–Crippen LogP) is 3.59.